The maximum Gasteiger partial charge on any atom is 0.242 e. The Morgan fingerprint density at radius 2 is 1.91 bits per heavy atom. The van der Waals surface area contributed by atoms with Crippen molar-refractivity contribution < 1.29 is 14.3 Å². The van der Waals surface area contributed by atoms with E-state index in [0.717, 1.165) is 28.0 Å². The Kier molecular flexibility index (Phi) is 6.45. The summed E-state index contributed by atoms with van der Waals surface area (Å²) >= 11 is 0. The maximum absolute atomic E-state index is 13.3. The standard InChI is InChI=1S/C27H27N5O3/c28-25(33)19-12-15-32(17-19)23(27(34)31-20-4-2-1-3-5-20)16-18-6-8-21(9-7-18)35-24-11-14-30-26-22(24)10-13-29-26/h1-11,13-14,19,23H,12,15-17H2,(H2,28,33)(H,29,30)(H,31,34). The summed E-state index contributed by atoms with van der Waals surface area (Å²) in [6.45, 7) is 1.13. The van der Waals surface area contributed by atoms with Gasteiger partial charge in [0.05, 0.1) is 17.3 Å². The van der Waals surface area contributed by atoms with Gasteiger partial charge in [0.2, 0.25) is 11.8 Å². The number of hydrogen-bond donors (Lipinski definition) is 3. The lowest BCUT2D eigenvalue weighted by Crippen LogP contribution is -2.45. The number of fused-ring (bicyclic) bond motifs is 1. The maximum atomic E-state index is 13.3. The Morgan fingerprint density at radius 1 is 1.11 bits per heavy atom. The van der Waals surface area contributed by atoms with Gasteiger partial charge in [0.25, 0.3) is 0 Å². The number of nitrogens with two attached hydrogens (primary N) is 1. The number of aromatic nitrogens is 2. The molecule has 2 aromatic heterocycles. The lowest BCUT2D eigenvalue weighted by molar-refractivity contribution is -0.123. The van der Waals surface area contributed by atoms with E-state index in [4.69, 9.17) is 10.5 Å². The van der Waals surface area contributed by atoms with Gasteiger partial charge in [-0.05, 0) is 61.3 Å². The summed E-state index contributed by atoms with van der Waals surface area (Å²) in [5.74, 6) is 0.766. The quantitative estimate of drug-likeness (QED) is 0.364. The van der Waals surface area contributed by atoms with Gasteiger partial charge in [0, 0.05) is 24.6 Å². The summed E-state index contributed by atoms with van der Waals surface area (Å²) in [5.41, 5.74) is 8.04. The lowest BCUT2D eigenvalue weighted by atomic mass is 10.0. The molecule has 2 unspecified atom stereocenters. The van der Waals surface area contributed by atoms with E-state index in [-0.39, 0.29) is 17.7 Å². The van der Waals surface area contributed by atoms with Crippen molar-refractivity contribution in [3.63, 3.8) is 0 Å². The average molecular weight is 470 g/mol. The molecule has 0 aliphatic carbocycles. The normalized spacial score (nSPS) is 16.7. The predicted octanol–water partition coefficient (Wildman–Crippen LogP) is 3.71. The molecule has 0 spiro atoms. The second-order valence-corrected chi connectivity index (χ2v) is 8.75. The molecule has 1 fully saturated rings. The van der Waals surface area contributed by atoms with E-state index in [1.807, 2.05) is 72.9 Å². The molecule has 1 aliphatic rings. The molecule has 35 heavy (non-hydrogen) atoms. The molecular weight excluding hydrogens is 442 g/mol. The molecule has 1 aliphatic heterocycles. The zero-order valence-corrected chi connectivity index (χ0v) is 19.2. The molecule has 5 rings (SSSR count). The van der Waals surface area contributed by atoms with Gasteiger partial charge in [0.15, 0.2) is 0 Å². The van der Waals surface area contributed by atoms with Crippen molar-refractivity contribution in [2.75, 3.05) is 18.4 Å². The van der Waals surface area contributed by atoms with E-state index < -0.39 is 6.04 Å². The minimum Gasteiger partial charge on any atom is -0.457 e. The first-order valence-corrected chi connectivity index (χ1v) is 11.6. The van der Waals surface area contributed by atoms with E-state index in [1.54, 1.807) is 6.20 Å². The molecule has 4 aromatic rings. The Bertz CT molecular complexity index is 1320. The number of H-pyrrole nitrogens is 1. The van der Waals surface area contributed by atoms with Crippen LogP contribution < -0.4 is 15.8 Å². The van der Waals surface area contributed by atoms with Gasteiger partial charge in [-0.25, -0.2) is 4.98 Å². The molecule has 2 amide bonds. The number of rotatable bonds is 8. The first-order chi connectivity index (χ1) is 17.1. The van der Waals surface area contributed by atoms with Crippen LogP contribution in [0.3, 0.4) is 0 Å². The average Bonchev–Trinajstić information content (AvgIpc) is 3.55. The van der Waals surface area contributed by atoms with Crippen LogP contribution in [0.15, 0.2) is 79.1 Å². The number of nitrogens with one attached hydrogen (secondary N) is 2. The fraction of sp³-hybridized carbons (Fsp3) is 0.222. The van der Waals surface area contributed by atoms with Crippen LogP contribution in [0.25, 0.3) is 11.0 Å². The highest BCUT2D eigenvalue weighted by molar-refractivity contribution is 5.95. The highest BCUT2D eigenvalue weighted by Crippen LogP contribution is 2.29. The summed E-state index contributed by atoms with van der Waals surface area (Å²) in [4.78, 5) is 34.4. The van der Waals surface area contributed by atoms with Gasteiger partial charge in [-0.15, -0.1) is 0 Å². The molecule has 4 N–H and O–H groups in total. The molecule has 0 bridgehead atoms. The molecule has 8 nitrogen and oxygen atoms in total. The van der Waals surface area contributed by atoms with Gasteiger partial charge >= 0.3 is 0 Å². The third kappa shape index (κ3) is 5.17. The fourth-order valence-corrected chi connectivity index (χ4v) is 4.51. The number of likely N-dealkylation sites (tertiary alicyclic amines) is 1. The number of benzene rings is 2. The predicted molar refractivity (Wildman–Crippen MR) is 134 cm³/mol. The number of carbonyl (C=O) groups is 2. The van der Waals surface area contributed by atoms with Crippen molar-refractivity contribution in [2.24, 2.45) is 11.7 Å². The van der Waals surface area contributed by atoms with Gasteiger partial charge in [-0.2, -0.15) is 0 Å². The molecule has 178 valence electrons. The summed E-state index contributed by atoms with van der Waals surface area (Å²) in [6, 6.07) is 20.5. The number of para-hydroxylation sites is 1. The number of amides is 2. The summed E-state index contributed by atoms with van der Waals surface area (Å²) in [7, 11) is 0. The number of pyridine rings is 1. The number of nitrogens with zero attached hydrogens (tertiary/aromatic N) is 2. The number of anilines is 1. The first kappa shape index (κ1) is 22.6. The summed E-state index contributed by atoms with van der Waals surface area (Å²) in [6.07, 6.45) is 4.70. The summed E-state index contributed by atoms with van der Waals surface area (Å²) in [5, 5.41) is 3.92. The smallest absolute Gasteiger partial charge is 0.242 e. The second kappa shape index (κ2) is 9.99. The number of carbonyl (C=O) groups excluding carboxylic acids is 2. The molecule has 3 heterocycles. The minimum atomic E-state index is -0.425. The van der Waals surface area contributed by atoms with Crippen LogP contribution in [-0.4, -0.2) is 45.8 Å². The van der Waals surface area contributed by atoms with Crippen LogP contribution >= 0.6 is 0 Å². The topological polar surface area (TPSA) is 113 Å². The Morgan fingerprint density at radius 3 is 2.66 bits per heavy atom. The van der Waals surface area contributed by atoms with Crippen molar-refractivity contribution in [1.82, 2.24) is 14.9 Å². The van der Waals surface area contributed by atoms with Crippen LogP contribution in [0.1, 0.15) is 12.0 Å². The first-order valence-electron chi connectivity index (χ1n) is 11.6. The lowest BCUT2D eigenvalue weighted by Gasteiger charge is -2.27. The van der Waals surface area contributed by atoms with Crippen molar-refractivity contribution in [2.45, 2.75) is 18.9 Å². The number of primary amides is 1. The minimum absolute atomic E-state index is 0.103. The Balaban J connectivity index is 1.32. The van der Waals surface area contributed by atoms with Crippen LogP contribution in [0, 0.1) is 5.92 Å². The van der Waals surface area contributed by atoms with E-state index in [9.17, 15) is 9.59 Å². The zero-order valence-electron chi connectivity index (χ0n) is 19.2. The van der Waals surface area contributed by atoms with E-state index in [1.165, 1.54) is 0 Å². The monoisotopic (exact) mass is 469 g/mol. The van der Waals surface area contributed by atoms with Crippen LogP contribution in [0.5, 0.6) is 11.5 Å². The highest BCUT2D eigenvalue weighted by Gasteiger charge is 2.34. The third-order valence-corrected chi connectivity index (χ3v) is 6.41. The van der Waals surface area contributed by atoms with Gasteiger partial charge in [-0.1, -0.05) is 30.3 Å². The van der Waals surface area contributed by atoms with Crippen molar-refractivity contribution in [1.29, 1.82) is 0 Å². The molecular formula is C27H27N5O3. The molecule has 0 radical (unpaired) electrons. The SMILES string of the molecule is NC(=O)C1CCN(C(Cc2ccc(Oc3ccnc4[nH]ccc34)cc2)C(=O)Nc2ccccc2)C1. The number of ether oxygens (including phenoxy) is 1. The van der Waals surface area contributed by atoms with Gasteiger partial charge < -0.3 is 20.8 Å². The molecule has 2 atom stereocenters. The van der Waals surface area contributed by atoms with E-state index >= 15 is 0 Å². The van der Waals surface area contributed by atoms with Crippen molar-refractivity contribution >= 4 is 28.5 Å². The van der Waals surface area contributed by atoms with E-state index in [0.29, 0.717) is 31.7 Å². The number of aromatic amines is 1. The Hall–Kier alpha value is -4.17. The zero-order chi connectivity index (χ0) is 24.2. The molecule has 8 heteroatoms. The summed E-state index contributed by atoms with van der Waals surface area (Å²) < 4.78 is 6.08. The van der Waals surface area contributed by atoms with Crippen LogP contribution in [0.4, 0.5) is 5.69 Å². The van der Waals surface area contributed by atoms with Crippen molar-refractivity contribution in [3.05, 3.63) is 84.7 Å². The molecule has 0 saturated carbocycles. The number of hydrogen-bond acceptors (Lipinski definition) is 5. The molecule has 2 aromatic carbocycles. The third-order valence-electron chi connectivity index (χ3n) is 6.41. The largest absolute Gasteiger partial charge is 0.457 e. The van der Waals surface area contributed by atoms with Gasteiger partial charge in [0.1, 0.15) is 17.1 Å². The Labute approximate surface area is 203 Å². The second-order valence-electron chi connectivity index (χ2n) is 8.75. The van der Waals surface area contributed by atoms with Crippen LogP contribution in [0.2, 0.25) is 0 Å². The van der Waals surface area contributed by atoms with Crippen molar-refractivity contribution in [3.8, 4) is 11.5 Å². The van der Waals surface area contributed by atoms with E-state index in [2.05, 4.69) is 20.2 Å². The van der Waals surface area contributed by atoms with Crippen LogP contribution in [-0.2, 0) is 16.0 Å². The molecule has 1 saturated heterocycles. The van der Waals surface area contributed by atoms with Gasteiger partial charge in [-0.3, -0.25) is 14.5 Å². The highest BCUT2D eigenvalue weighted by atomic mass is 16.5. The fourth-order valence-electron chi connectivity index (χ4n) is 4.51.